The topological polar surface area (TPSA) is 23.6 Å². The molecule has 16 heavy (non-hydrogen) atoms. The molecule has 1 aliphatic heterocycles. The second-order valence-corrected chi connectivity index (χ2v) is 6.93. The molecular weight excluding hydrogens is 233 g/mol. The average Bonchev–Trinajstić information content (AvgIpc) is 2.30. The summed E-state index contributed by atoms with van der Waals surface area (Å²) in [4.78, 5) is 11.4. The Morgan fingerprint density at radius 1 is 1.25 bits per heavy atom. The van der Waals surface area contributed by atoms with Crippen molar-refractivity contribution >= 4 is 18.9 Å². The molecule has 0 bridgehead atoms. The summed E-state index contributed by atoms with van der Waals surface area (Å²) in [6.07, 6.45) is 0. The molecule has 1 aromatic rings. The van der Waals surface area contributed by atoms with E-state index >= 15 is 0 Å². The van der Waals surface area contributed by atoms with Crippen molar-refractivity contribution in [1.82, 2.24) is 9.34 Å². The Morgan fingerprint density at radius 3 is 2.31 bits per heavy atom. The quantitative estimate of drug-likeness (QED) is 0.736. The van der Waals surface area contributed by atoms with Crippen LogP contribution in [0.4, 0.5) is 13.2 Å². The Balaban J connectivity index is 2.55. The van der Waals surface area contributed by atoms with Crippen molar-refractivity contribution in [2.24, 2.45) is 0 Å². The van der Waals surface area contributed by atoms with Gasteiger partial charge in [-0.25, -0.2) is 0 Å². The summed E-state index contributed by atoms with van der Waals surface area (Å²) in [7, 11) is -4.17. The summed E-state index contributed by atoms with van der Waals surface area (Å²) in [6.45, 7) is 1.59. The van der Waals surface area contributed by atoms with Gasteiger partial charge in [-0.15, -0.1) is 0 Å². The first-order valence-corrected chi connectivity index (χ1v) is 6.92. The number of rotatable bonds is 2. The van der Waals surface area contributed by atoms with Crippen LogP contribution in [0.3, 0.4) is 0 Å². The number of amides is 2. The second kappa shape index (κ2) is 3.14. The first-order chi connectivity index (χ1) is 7.42. The van der Waals surface area contributed by atoms with Crippen molar-refractivity contribution in [3.05, 3.63) is 30.3 Å². The Hall–Kier alpha value is -1.22. The molecule has 0 aliphatic carbocycles. The van der Waals surface area contributed by atoms with Crippen molar-refractivity contribution in [3.63, 3.8) is 0 Å². The molecule has 0 atom stereocenters. The van der Waals surface area contributed by atoms with E-state index in [0.717, 1.165) is 0 Å². The first-order valence-electron chi connectivity index (χ1n) is 4.99. The summed E-state index contributed by atoms with van der Waals surface area (Å²) in [5.41, 5.74) is 0. The normalized spacial score (nSPS) is 24.5. The van der Waals surface area contributed by atoms with Crippen molar-refractivity contribution in [3.8, 4) is 0 Å². The maximum atomic E-state index is 14.7. The Morgan fingerprint density at radius 2 is 1.81 bits per heavy atom. The van der Waals surface area contributed by atoms with Gasteiger partial charge >= 0.3 is 92.2 Å². The fraction of sp³-hybridized carbons (Fsp3) is 0.300. The molecule has 0 spiro atoms. The minimum atomic E-state index is -5.33. The van der Waals surface area contributed by atoms with E-state index in [1.165, 1.54) is 19.2 Å². The number of halogens is 2. The molecule has 0 aromatic heterocycles. The molecule has 3 nitrogen and oxygen atoms in total. The van der Waals surface area contributed by atoms with Gasteiger partial charge in [-0.2, -0.15) is 0 Å². The van der Waals surface area contributed by atoms with E-state index in [0.29, 0.717) is 9.34 Å². The number of urea groups is 1. The Kier molecular flexibility index (Phi) is 2.21. The van der Waals surface area contributed by atoms with Crippen molar-refractivity contribution in [2.75, 3.05) is 13.6 Å². The summed E-state index contributed by atoms with van der Waals surface area (Å²) in [5, 5.41) is -0.0579. The maximum absolute atomic E-state index is 14.7. The van der Waals surface area contributed by atoms with E-state index in [-0.39, 0.29) is 11.8 Å². The van der Waals surface area contributed by atoms with Crippen molar-refractivity contribution in [1.29, 1.82) is 0 Å². The molecule has 88 valence electrons. The van der Waals surface area contributed by atoms with Crippen LogP contribution in [-0.4, -0.2) is 29.0 Å². The zero-order valence-electron chi connectivity index (χ0n) is 9.10. The zero-order chi connectivity index (χ0) is 12.0. The molecule has 1 saturated heterocycles. The van der Waals surface area contributed by atoms with E-state index in [9.17, 15) is 13.2 Å². The fourth-order valence-electron chi connectivity index (χ4n) is 1.95. The van der Waals surface area contributed by atoms with Crippen LogP contribution in [0, 0.1) is 0 Å². The standard InChI is InChI=1S/C10H13F2N2OP/c1-3-14-10(15)13(2)16(14,11,12)9-7-5-4-6-8-9/h4-8H,3H2,1-2H3. The van der Waals surface area contributed by atoms with Gasteiger partial charge in [-0.3, -0.25) is 0 Å². The van der Waals surface area contributed by atoms with Gasteiger partial charge in [0, 0.05) is 0 Å². The molecule has 1 heterocycles. The fourth-order valence-corrected chi connectivity index (χ4v) is 4.74. The summed E-state index contributed by atoms with van der Waals surface area (Å²) >= 11 is 0. The number of hydrogen-bond acceptors (Lipinski definition) is 1. The van der Waals surface area contributed by atoms with Gasteiger partial charge < -0.3 is 0 Å². The molecule has 0 saturated carbocycles. The Labute approximate surface area is 92.9 Å². The molecule has 1 fully saturated rings. The number of benzene rings is 1. The van der Waals surface area contributed by atoms with Gasteiger partial charge in [-0.1, -0.05) is 0 Å². The van der Waals surface area contributed by atoms with Gasteiger partial charge in [0.25, 0.3) is 0 Å². The zero-order valence-corrected chi connectivity index (χ0v) is 9.99. The van der Waals surface area contributed by atoms with Gasteiger partial charge in [0.05, 0.1) is 0 Å². The molecule has 6 heteroatoms. The van der Waals surface area contributed by atoms with Crippen LogP contribution in [0.25, 0.3) is 0 Å². The number of hydrogen-bond donors (Lipinski definition) is 0. The number of carbonyl (C=O) groups is 1. The molecule has 1 aliphatic rings. The van der Waals surface area contributed by atoms with E-state index in [1.54, 1.807) is 25.1 Å². The molecule has 0 radical (unpaired) electrons. The first kappa shape index (κ1) is 11.3. The van der Waals surface area contributed by atoms with Crippen molar-refractivity contribution < 1.29 is 13.2 Å². The van der Waals surface area contributed by atoms with Crippen LogP contribution < -0.4 is 5.30 Å². The summed E-state index contributed by atoms with van der Waals surface area (Å²) in [6, 6.07) is 6.96. The predicted molar refractivity (Wildman–Crippen MR) is 60.8 cm³/mol. The van der Waals surface area contributed by atoms with Gasteiger partial charge in [0.1, 0.15) is 0 Å². The van der Waals surface area contributed by atoms with E-state index in [4.69, 9.17) is 0 Å². The monoisotopic (exact) mass is 246 g/mol. The summed E-state index contributed by atoms with van der Waals surface area (Å²) < 4.78 is 30.8. The van der Waals surface area contributed by atoms with E-state index in [1.807, 2.05) is 0 Å². The average molecular weight is 246 g/mol. The molecule has 2 rings (SSSR count). The molecular formula is C10H13F2N2OP. The SMILES string of the molecule is CCN1C(=O)N(C)P1(F)(F)c1ccccc1. The third-order valence-electron chi connectivity index (χ3n) is 2.90. The van der Waals surface area contributed by atoms with Crippen LogP contribution in [-0.2, 0) is 0 Å². The Bertz CT molecular complexity index is 438. The van der Waals surface area contributed by atoms with Crippen LogP contribution in [0.1, 0.15) is 6.92 Å². The van der Waals surface area contributed by atoms with E-state index in [2.05, 4.69) is 0 Å². The van der Waals surface area contributed by atoms with Gasteiger partial charge in [-0.05, 0) is 0 Å². The summed E-state index contributed by atoms with van der Waals surface area (Å²) in [5.74, 6) is 0. The van der Waals surface area contributed by atoms with Gasteiger partial charge in [0.15, 0.2) is 0 Å². The number of nitrogens with zero attached hydrogens (tertiary/aromatic N) is 2. The van der Waals surface area contributed by atoms with Crippen LogP contribution in [0.15, 0.2) is 30.3 Å². The van der Waals surface area contributed by atoms with Crippen LogP contribution >= 0.6 is 7.53 Å². The molecule has 0 unspecified atom stereocenters. The third kappa shape index (κ3) is 1.07. The minimum absolute atomic E-state index is 0.0306. The molecule has 0 N–H and O–H groups in total. The van der Waals surface area contributed by atoms with Crippen LogP contribution in [0.2, 0.25) is 0 Å². The molecule has 1 aromatic carbocycles. The molecule has 2 amide bonds. The predicted octanol–water partition coefficient (Wildman–Crippen LogP) is 2.85. The second-order valence-electron chi connectivity index (χ2n) is 3.68. The van der Waals surface area contributed by atoms with E-state index < -0.39 is 13.6 Å². The van der Waals surface area contributed by atoms with Crippen LogP contribution in [0.5, 0.6) is 0 Å². The van der Waals surface area contributed by atoms with Gasteiger partial charge in [0.2, 0.25) is 0 Å². The number of carbonyl (C=O) groups excluding carboxylic acids is 1. The van der Waals surface area contributed by atoms with Crippen molar-refractivity contribution in [2.45, 2.75) is 6.92 Å². The third-order valence-corrected chi connectivity index (χ3v) is 6.52.